The molecule has 0 amide bonds. The summed E-state index contributed by atoms with van der Waals surface area (Å²) in [6.45, 7) is 6.03. The van der Waals surface area contributed by atoms with Crippen LogP contribution in [0.3, 0.4) is 0 Å². The molecule has 0 fully saturated rings. The van der Waals surface area contributed by atoms with Crippen LogP contribution < -0.4 is 15.4 Å². The maximum absolute atomic E-state index is 12.7. The van der Waals surface area contributed by atoms with E-state index < -0.39 is 11.7 Å². The van der Waals surface area contributed by atoms with Crippen LogP contribution >= 0.6 is 12.2 Å². The molecule has 0 radical (unpaired) electrons. The third kappa shape index (κ3) is 4.71. The van der Waals surface area contributed by atoms with Crippen LogP contribution in [0.25, 0.3) is 0 Å². The molecular formula is C20H21F3N2OS. The van der Waals surface area contributed by atoms with Crippen LogP contribution in [0.1, 0.15) is 43.0 Å². The number of hydrogen-bond acceptors (Lipinski definition) is 2. The number of halogens is 3. The molecule has 0 saturated carbocycles. The first kappa shape index (κ1) is 19.5. The number of alkyl halides is 3. The van der Waals surface area contributed by atoms with Crippen molar-refractivity contribution in [3.8, 4) is 5.75 Å². The van der Waals surface area contributed by atoms with E-state index in [-0.39, 0.29) is 11.6 Å². The highest BCUT2D eigenvalue weighted by molar-refractivity contribution is 7.80. The smallest absolute Gasteiger partial charge is 0.416 e. The van der Waals surface area contributed by atoms with Crippen LogP contribution in [0.5, 0.6) is 5.75 Å². The van der Waals surface area contributed by atoms with E-state index in [0.717, 1.165) is 29.0 Å². The van der Waals surface area contributed by atoms with E-state index in [4.69, 9.17) is 17.0 Å². The van der Waals surface area contributed by atoms with Gasteiger partial charge in [0, 0.05) is 17.7 Å². The molecule has 3 nitrogen and oxygen atoms in total. The summed E-state index contributed by atoms with van der Waals surface area (Å²) in [4.78, 5) is 0. The molecule has 7 heteroatoms. The van der Waals surface area contributed by atoms with Gasteiger partial charge >= 0.3 is 6.18 Å². The average molecular weight is 394 g/mol. The zero-order valence-corrected chi connectivity index (χ0v) is 16.1. The first-order valence-electron chi connectivity index (χ1n) is 8.58. The monoisotopic (exact) mass is 394 g/mol. The topological polar surface area (TPSA) is 33.3 Å². The molecule has 27 heavy (non-hydrogen) atoms. The fraction of sp³-hybridized carbons (Fsp3) is 0.350. The molecule has 0 aromatic heterocycles. The minimum absolute atomic E-state index is 0.0567. The van der Waals surface area contributed by atoms with Crippen LogP contribution in [0.2, 0.25) is 0 Å². The number of anilines is 1. The Hall–Kier alpha value is -2.28. The van der Waals surface area contributed by atoms with Gasteiger partial charge < -0.3 is 15.4 Å². The lowest BCUT2D eigenvalue weighted by molar-refractivity contribution is -0.137. The molecule has 144 valence electrons. The molecule has 2 aromatic rings. The summed E-state index contributed by atoms with van der Waals surface area (Å²) in [5.41, 5.74) is 1.56. The Morgan fingerprint density at radius 2 is 1.81 bits per heavy atom. The summed E-state index contributed by atoms with van der Waals surface area (Å²) in [7, 11) is 0. The van der Waals surface area contributed by atoms with Crippen molar-refractivity contribution in [3.63, 3.8) is 0 Å². The van der Waals surface area contributed by atoms with Gasteiger partial charge in [0.15, 0.2) is 5.11 Å². The van der Waals surface area contributed by atoms with Crippen molar-refractivity contribution >= 4 is 23.0 Å². The average Bonchev–Trinajstić information content (AvgIpc) is 2.52. The van der Waals surface area contributed by atoms with Crippen molar-refractivity contribution < 1.29 is 17.9 Å². The highest BCUT2D eigenvalue weighted by Gasteiger charge is 2.34. The highest BCUT2D eigenvalue weighted by atomic mass is 32.1. The number of hydrogen-bond donors (Lipinski definition) is 2. The standard InChI is InChI=1S/C20H21F3N2OS/c1-12-4-9-15-16(11-19(2,3)26-17(15)10-12)25-18(27)24-14-7-5-13(6-8-14)20(21,22)23/h4-10,16H,11H2,1-3H3,(H2,24,25,27)/t16-/m0/s1. The van der Waals surface area contributed by atoms with Crippen LogP contribution in [0, 0.1) is 6.92 Å². The normalized spacial score (nSPS) is 18.2. The third-order valence-corrected chi connectivity index (χ3v) is 4.62. The molecule has 1 atom stereocenters. The molecule has 0 unspecified atom stereocenters. The summed E-state index contributed by atoms with van der Waals surface area (Å²) >= 11 is 5.37. The Morgan fingerprint density at radius 1 is 1.15 bits per heavy atom. The number of nitrogens with one attached hydrogen (secondary N) is 2. The number of fused-ring (bicyclic) bond motifs is 1. The van der Waals surface area contributed by atoms with E-state index in [2.05, 4.69) is 10.6 Å². The predicted octanol–water partition coefficient (Wildman–Crippen LogP) is 5.60. The molecule has 0 saturated heterocycles. The van der Waals surface area contributed by atoms with Crippen LogP contribution in [0.4, 0.5) is 18.9 Å². The Labute approximate surface area is 161 Å². The quantitative estimate of drug-likeness (QED) is 0.650. The van der Waals surface area contributed by atoms with Crippen LogP contribution in [-0.2, 0) is 6.18 Å². The molecule has 2 N–H and O–H groups in total. The summed E-state index contributed by atoms with van der Waals surface area (Å²) in [5, 5.41) is 6.56. The highest BCUT2D eigenvalue weighted by Crippen LogP contribution is 2.40. The Balaban J connectivity index is 1.72. The van der Waals surface area contributed by atoms with Gasteiger partial charge in [0.1, 0.15) is 11.4 Å². The number of benzene rings is 2. The van der Waals surface area contributed by atoms with Crippen LogP contribution in [-0.4, -0.2) is 10.7 Å². The molecule has 2 aromatic carbocycles. The second-order valence-electron chi connectivity index (χ2n) is 7.33. The predicted molar refractivity (Wildman–Crippen MR) is 104 cm³/mol. The Bertz CT molecular complexity index is 847. The zero-order chi connectivity index (χ0) is 19.8. The molecular weight excluding hydrogens is 373 g/mol. The number of rotatable bonds is 2. The minimum atomic E-state index is -4.35. The van der Waals surface area contributed by atoms with E-state index in [1.165, 1.54) is 12.1 Å². The number of thiocarbonyl (C=S) groups is 1. The number of aryl methyl sites for hydroxylation is 1. The summed E-state index contributed by atoms with van der Waals surface area (Å²) in [6, 6.07) is 10.8. The minimum Gasteiger partial charge on any atom is -0.487 e. The third-order valence-electron chi connectivity index (χ3n) is 4.40. The second-order valence-corrected chi connectivity index (χ2v) is 7.74. The van der Waals surface area contributed by atoms with Gasteiger partial charge in [0.25, 0.3) is 0 Å². The fourth-order valence-corrected chi connectivity index (χ4v) is 3.42. The second kappa shape index (κ2) is 7.03. The van der Waals surface area contributed by atoms with E-state index in [9.17, 15) is 13.2 Å². The van der Waals surface area contributed by atoms with Crippen molar-refractivity contribution in [3.05, 3.63) is 59.2 Å². The van der Waals surface area contributed by atoms with Crippen molar-refractivity contribution in [1.82, 2.24) is 5.32 Å². The molecule has 0 bridgehead atoms. The van der Waals surface area contributed by atoms with Gasteiger partial charge in [0.2, 0.25) is 0 Å². The van der Waals surface area contributed by atoms with Crippen molar-refractivity contribution in [2.75, 3.05) is 5.32 Å². The van der Waals surface area contributed by atoms with Gasteiger partial charge in [-0.15, -0.1) is 0 Å². The lowest BCUT2D eigenvalue weighted by atomic mass is 9.89. The van der Waals surface area contributed by atoms with Gasteiger partial charge in [-0.25, -0.2) is 0 Å². The largest absolute Gasteiger partial charge is 0.487 e. The molecule has 1 aliphatic heterocycles. The van der Waals surface area contributed by atoms with Gasteiger partial charge in [0.05, 0.1) is 11.6 Å². The fourth-order valence-electron chi connectivity index (χ4n) is 3.16. The zero-order valence-electron chi connectivity index (χ0n) is 15.3. The number of ether oxygens (including phenoxy) is 1. The van der Waals surface area contributed by atoms with Gasteiger partial charge in [-0.2, -0.15) is 13.2 Å². The molecule has 0 spiro atoms. The van der Waals surface area contributed by atoms with E-state index in [1.807, 2.05) is 39.0 Å². The summed E-state index contributed by atoms with van der Waals surface area (Å²) in [5.74, 6) is 0.820. The van der Waals surface area contributed by atoms with E-state index >= 15 is 0 Å². The van der Waals surface area contributed by atoms with Gasteiger partial charge in [-0.1, -0.05) is 12.1 Å². The lowest BCUT2D eigenvalue weighted by Gasteiger charge is -2.38. The first-order valence-corrected chi connectivity index (χ1v) is 8.99. The van der Waals surface area contributed by atoms with Gasteiger partial charge in [-0.3, -0.25) is 0 Å². The summed E-state index contributed by atoms with van der Waals surface area (Å²) in [6.07, 6.45) is -3.65. The lowest BCUT2D eigenvalue weighted by Crippen LogP contribution is -2.42. The van der Waals surface area contributed by atoms with Crippen LogP contribution in [0.15, 0.2) is 42.5 Å². The maximum atomic E-state index is 12.7. The molecule has 3 rings (SSSR count). The molecule has 0 aliphatic carbocycles. The maximum Gasteiger partial charge on any atom is 0.416 e. The molecule has 1 aliphatic rings. The van der Waals surface area contributed by atoms with Crippen molar-refractivity contribution in [2.24, 2.45) is 0 Å². The Morgan fingerprint density at radius 3 is 2.44 bits per heavy atom. The van der Waals surface area contributed by atoms with Crippen molar-refractivity contribution in [1.29, 1.82) is 0 Å². The first-order chi connectivity index (χ1) is 12.5. The summed E-state index contributed by atoms with van der Waals surface area (Å²) < 4.78 is 44.1. The van der Waals surface area contributed by atoms with Gasteiger partial charge in [-0.05, 0) is 68.9 Å². The van der Waals surface area contributed by atoms with E-state index in [1.54, 1.807) is 0 Å². The molecule has 1 heterocycles. The Kier molecular flexibility index (Phi) is 5.08. The van der Waals surface area contributed by atoms with E-state index in [0.29, 0.717) is 17.2 Å². The van der Waals surface area contributed by atoms with Crippen molar-refractivity contribution in [2.45, 2.75) is 45.0 Å². The SMILES string of the molecule is Cc1ccc2c(c1)OC(C)(C)C[C@@H]2NC(=S)Nc1ccc(C(F)(F)F)cc1.